The molecular formula is C3H5Si. The van der Waals surface area contributed by atoms with Crippen molar-refractivity contribution in [2.75, 3.05) is 0 Å². The Morgan fingerprint density at radius 2 is 2.25 bits per heavy atom. The molecule has 4 heavy (non-hydrogen) atoms. The SMILES string of the molecule is C#CC[SiH2]. The van der Waals surface area contributed by atoms with Crippen molar-refractivity contribution in [2.45, 2.75) is 6.04 Å². The van der Waals surface area contributed by atoms with Crippen LogP contribution in [0.5, 0.6) is 0 Å². The molecule has 0 aromatic rings. The fourth-order valence-electron chi connectivity index (χ4n) is 0. The fraction of sp³-hybridized carbons (Fsp3) is 0.333. The summed E-state index contributed by atoms with van der Waals surface area (Å²) in [6, 6.07) is 0.875. The molecule has 0 fully saturated rings. The number of rotatable bonds is 0. The predicted molar refractivity (Wildman–Crippen MR) is 22.2 cm³/mol. The molecule has 0 saturated heterocycles. The molecule has 0 rings (SSSR count). The summed E-state index contributed by atoms with van der Waals surface area (Å²) < 4.78 is 0. The lowest BCUT2D eigenvalue weighted by Gasteiger charge is -1.51. The van der Waals surface area contributed by atoms with Crippen LogP contribution in [-0.4, -0.2) is 10.2 Å². The molecule has 0 unspecified atom stereocenters. The molecule has 0 nitrogen and oxygen atoms in total. The van der Waals surface area contributed by atoms with Crippen molar-refractivity contribution >= 4 is 10.2 Å². The van der Waals surface area contributed by atoms with Crippen LogP contribution in [-0.2, 0) is 0 Å². The van der Waals surface area contributed by atoms with Crippen LogP contribution < -0.4 is 0 Å². The maximum atomic E-state index is 4.78. The van der Waals surface area contributed by atoms with E-state index in [1.54, 1.807) is 10.2 Å². The summed E-state index contributed by atoms with van der Waals surface area (Å²) in [6.45, 7) is 0. The van der Waals surface area contributed by atoms with Gasteiger partial charge in [0.15, 0.2) is 0 Å². The van der Waals surface area contributed by atoms with Gasteiger partial charge in [0.25, 0.3) is 0 Å². The van der Waals surface area contributed by atoms with Gasteiger partial charge in [0.05, 0.1) is 0 Å². The van der Waals surface area contributed by atoms with E-state index in [1.807, 2.05) is 0 Å². The molecule has 0 aliphatic rings. The first-order valence-electron chi connectivity index (χ1n) is 1.14. The number of terminal acetylenes is 1. The normalized spacial score (nSPS) is 5.00. The van der Waals surface area contributed by atoms with Gasteiger partial charge >= 0.3 is 0 Å². The maximum Gasteiger partial charge on any atom is 0.0238 e. The molecule has 0 aliphatic heterocycles. The van der Waals surface area contributed by atoms with E-state index in [1.165, 1.54) is 0 Å². The highest BCUT2D eigenvalue weighted by molar-refractivity contribution is 6.10. The van der Waals surface area contributed by atoms with Crippen LogP contribution in [0.15, 0.2) is 0 Å². The minimum atomic E-state index is 0.875. The van der Waals surface area contributed by atoms with Crippen molar-refractivity contribution in [3.05, 3.63) is 0 Å². The van der Waals surface area contributed by atoms with Crippen molar-refractivity contribution in [1.82, 2.24) is 0 Å². The van der Waals surface area contributed by atoms with E-state index in [0.29, 0.717) is 0 Å². The van der Waals surface area contributed by atoms with Gasteiger partial charge in [-0.3, -0.25) is 0 Å². The summed E-state index contributed by atoms with van der Waals surface area (Å²) in [5.41, 5.74) is 0. The molecule has 0 atom stereocenters. The third kappa shape index (κ3) is 1.78. The Kier molecular flexibility index (Phi) is 2.62. The zero-order chi connectivity index (χ0) is 3.41. The van der Waals surface area contributed by atoms with Crippen LogP contribution in [0.3, 0.4) is 0 Å². The molecule has 0 saturated carbocycles. The second-order valence-corrected chi connectivity index (χ2v) is 0.954. The van der Waals surface area contributed by atoms with Gasteiger partial charge in [0.1, 0.15) is 0 Å². The van der Waals surface area contributed by atoms with Gasteiger partial charge < -0.3 is 0 Å². The summed E-state index contributed by atoms with van der Waals surface area (Å²) in [7, 11) is 1.79. The molecule has 0 aliphatic carbocycles. The van der Waals surface area contributed by atoms with Crippen LogP contribution in [0, 0.1) is 12.3 Å². The summed E-state index contributed by atoms with van der Waals surface area (Å²) in [5, 5.41) is 0. The lowest BCUT2D eigenvalue weighted by atomic mass is 10.8. The Balaban J connectivity index is 2.43. The van der Waals surface area contributed by atoms with Gasteiger partial charge in [-0.1, -0.05) is 0 Å². The van der Waals surface area contributed by atoms with Crippen LogP contribution >= 0.6 is 0 Å². The Bertz CT molecular complexity index is 33.0. The second-order valence-electron chi connectivity index (χ2n) is 0.454. The summed E-state index contributed by atoms with van der Waals surface area (Å²) in [6.07, 6.45) is 4.78. The highest BCUT2D eigenvalue weighted by Gasteiger charge is 1.44. The van der Waals surface area contributed by atoms with Gasteiger partial charge in [-0.05, 0) is 6.04 Å². The monoisotopic (exact) mass is 69.0 g/mol. The molecule has 0 bridgehead atoms. The fourth-order valence-corrected chi connectivity index (χ4v) is 0. The lowest BCUT2D eigenvalue weighted by Crippen LogP contribution is -1.48. The zero-order valence-corrected chi connectivity index (χ0v) is 3.91. The van der Waals surface area contributed by atoms with E-state index >= 15 is 0 Å². The van der Waals surface area contributed by atoms with Gasteiger partial charge in [-0.2, -0.15) is 0 Å². The minimum absolute atomic E-state index is 0.875. The molecule has 1 radical (unpaired) electrons. The second kappa shape index (κ2) is 2.78. The van der Waals surface area contributed by atoms with Gasteiger partial charge in [0.2, 0.25) is 0 Å². The van der Waals surface area contributed by atoms with E-state index in [9.17, 15) is 0 Å². The highest BCUT2D eigenvalue weighted by Crippen LogP contribution is 1.52. The standard InChI is InChI=1S/C3H5Si/c1-2-3-4/h1H,3-4H2. The Hall–Kier alpha value is -0.223. The van der Waals surface area contributed by atoms with Crippen LogP contribution in [0.25, 0.3) is 0 Å². The zero-order valence-electron chi connectivity index (χ0n) is 2.49. The smallest absolute Gasteiger partial charge is 0.0238 e. The first-order chi connectivity index (χ1) is 1.91. The predicted octanol–water partition coefficient (Wildman–Crippen LogP) is -0.329. The minimum Gasteiger partial charge on any atom is -0.120 e. The summed E-state index contributed by atoms with van der Waals surface area (Å²) >= 11 is 0. The lowest BCUT2D eigenvalue weighted by molar-refractivity contribution is 1.89. The van der Waals surface area contributed by atoms with E-state index in [2.05, 4.69) is 5.92 Å². The molecule has 0 aromatic carbocycles. The molecule has 0 amide bonds. The molecule has 0 aromatic heterocycles. The molecular weight excluding hydrogens is 64.1 g/mol. The number of hydrogen-bond acceptors (Lipinski definition) is 0. The van der Waals surface area contributed by atoms with E-state index < -0.39 is 0 Å². The molecule has 1 heteroatoms. The van der Waals surface area contributed by atoms with E-state index in [-0.39, 0.29) is 0 Å². The number of hydrogen-bond donors (Lipinski definition) is 0. The Labute approximate surface area is 29.6 Å². The third-order valence-corrected chi connectivity index (χ3v) is 0.433. The summed E-state index contributed by atoms with van der Waals surface area (Å²) in [4.78, 5) is 0. The van der Waals surface area contributed by atoms with Crippen LogP contribution in [0.2, 0.25) is 6.04 Å². The van der Waals surface area contributed by atoms with Crippen molar-refractivity contribution < 1.29 is 0 Å². The quantitative estimate of drug-likeness (QED) is 0.270. The first kappa shape index (κ1) is 3.78. The average molecular weight is 69.2 g/mol. The van der Waals surface area contributed by atoms with Crippen molar-refractivity contribution in [3.8, 4) is 12.3 Å². The van der Waals surface area contributed by atoms with Crippen LogP contribution in [0.4, 0.5) is 0 Å². The van der Waals surface area contributed by atoms with E-state index in [0.717, 1.165) is 6.04 Å². The van der Waals surface area contributed by atoms with Crippen molar-refractivity contribution in [3.63, 3.8) is 0 Å². The first-order valence-corrected chi connectivity index (χ1v) is 2.14. The molecule has 0 N–H and O–H groups in total. The molecule has 0 heterocycles. The van der Waals surface area contributed by atoms with E-state index in [4.69, 9.17) is 6.42 Å². The third-order valence-electron chi connectivity index (χ3n) is 0.144. The average Bonchev–Trinajstić information content (AvgIpc) is 1.37. The van der Waals surface area contributed by atoms with Crippen LogP contribution in [0.1, 0.15) is 0 Å². The topological polar surface area (TPSA) is 0 Å². The largest absolute Gasteiger partial charge is 0.120 e. The molecule has 21 valence electrons. The van der Waals surface area contributed by atoms with Gasteiger partial charge in [-0.15, -0.1) is 12.3 Å². The van der Waals surface area contributed by atoms with Crippen molar-refractivity contribution in [2.24, 2.45) is 0 Å². The molecule has 0 spiro atoms. The summed E-state index contributed by atoms with van der Waals surface area (Å²) in [5.74, 6) is 2.44. The van der Waals surface area contributed by atoms with Crippen molar-refractivity contribution in [1.29, 1.82) is 0 Å². The highest BCUT2D eigenvalue weighted by atomic mass is 28.1. The Morgan fingerprint density at radius 1 is 2.00 bits per heavy atom. The van der Waals surface area contributed by atoms with Gasteiger partial charge in [0, 0.05) is 10.2 Å². The Morgan fingerprint density at radius 3 is 2.25 bits per heavy atom. The van der Waals surface area contributed by atoms with Gasteiger partial charge in [-0.25, -0.2) is 0 Å². The maximum absolute atomic E-state index is 4.78.